The van der Waals surface area contributed by atoms with Gasteiger partial charge in [0, 0.05) is 18.2 Å². The number of carbonyl (C=O) groups excluding carboxylic acids is 1. The molecule has 0 spiro atoms. The Morgan fingerprint density at radius 2 is 1.84 bits per heavy atom. The van der Waals surface area contributed by atoms with Gasteiger partial charge in [-0.3, -0.25) is 10.1 Å². The first kappa shape index (κ1) is 16.5. The predicted octanol–water partition coefficient (Wildman–Crippen LogP) is 3.12. The first-order valence-electron chi connectivity index (χ1n) is 7.59. The van der Waals surface area contributed by atoms with Crippen LogP contribution < -0.4 is 9.47 Å². The second-order valence-corrected chi connectivity index (χ2v) is 5.27. The molecule has 1 aliphatic rings. The van der Waals surface area contributed by atoms with Gasteiger partial charge in [-0.05, 0) is 41.5 Å². The minimum atomic E-state index is -0.506. The molecule has 0 aliphatic carbocycles. The van der Waals surface area contributed by atoms with E-state index < -0.39 is 10.9 Å². The number of ether oxygens (including phenoxy) is 3. The number of rotatable bonds is 5. The molecule has 0 N–H and O–H groups in total. The molecule has 0 fully saturated rings. The maximum Gasteiger partial charge on any atom is 0.331 e. The van der Waals surface area contributed by atoms with Crippen LogP contribution in [0.2, 0.25) is 0 Å². The Morgan fingerprint density at radius 1 is 1.12 bits per heavy atom. The van der Waals surface area contributed by atoms with Crippen LogP contribution in [0.5, 0.6) is 11.5 Å². The summed E-state index contributed by atoms with van der Waals surface area (Å²) in [6, 6.07) is 11.2. The summed E-state index contributed by atoms with van der Waals surface area (Å²) in [4.78, 5) is 21.9. The zero-order valence-electron chi connectivity index (χ0n) is 13.2. The molecule has 0 saturated heterocycles. The molecule has 0 amide bonds. The number of carbonyl (C=O) groups is 1. The van der Waals surface area contributed by atoms with Gasteiger partial charge in [0.1, 0.15) is 19.8 Å². The third-order valence-corrected chi connectivity index (χ3v) is 3.51. The van der Waals surface area contributed by atoms with Crippen molar-refractivity contribution >= 4 is 17.7 Å². The van der Waals surface area contributed by atoms with E-state index in [-0.39, 0.29) is 12.3 Å². The van der Waals surface area contributed by atoms with E-state index in [1.54, 1.807) is 30.3 Å². The third-order valence-electron chi connectivity index (χ3n) is 3.51. The smallest absolute Gasteiger partial charge is 0.331 e. The molecule has 2 aromatic carbocycles. The van der Waals surface area contributed by atoms with E-state index in [1.165, 1.54) is 18.2 Å². The SMILES string of the molecule is O=C(/C=C/c1ccc2c(c1)OCCO2)OCc1ccc([N+](=O)[O-])cc1. The summed E-state index contributed by atoms with van der Waals surface area (Å²) in [7, 11) is 0. The molecule has 0 saturated carbocycles. The van der Waals surface area contributed by atoms with Crippen LogP contribution in [0.25, 0.3) is 6.08 Å². The van der Waals surface area contributed by atoms with E-state index in [0.29, 0.717) is 30.3 Å². The van der Waals surface area contributed by atoms with Crippen LogP contribution >= 0.6 is 0 Å². The summed E-state index contributed by atoms with van der Waals surface area (Å²) in [6.07, 6.45) is 2.94. The highest BCUT2D eigenvalue weighted by Crippen LogP contribution is 2.31. The molecule has 25 heavy (non-hydrogen) atoms. The number of nitrogens with zero attached hydrogens (tertiary/aromatic N) is 1. The lowest BCUT2D eigenvalue weighted by Crippen LogP contribution is -2.15. The number of non-ortho nitro benzene ring substituents is 1. The maximum absolute atomic E-state index is 11.8. The van der Waals surface area contributed by atoms with Gasteiger partial charge in [0.2, 0.25) is 0 Å². The Labute approximate surface area is 143 Å². The highest BCUT2D eigenvalue weighted by molar-refractivity contribution is 5.87. The highest BCUT2D eigenvalue weighted by Gasteiger charge is 2.11. The van der Waals surface area contributed by atoms with E-state index in [2.05, 4.69) is 0 Å². The molecule has 3 rings (SSSR count). The number of fused-ring (bicyclic) bond motifs is 1. The summed E-state index contributed by atoms with van der Waals surface area (Å²) < 4.78 is 16.0. The Bertz CT molecular complexity index is 813. The Morgan fingerprint density at radius 3 is 2.56 bits per heavy atom. The average Bonchev–Trinajstić information content (AvgIpc) is 2.65. The molecule has 7 nitrogen and oxygen atoms in total. The van der Waals surface area contributed by atoms with E-state index >= 15 is 0 Å². The number of hydrogen-bond donors (Lipinski definition) is 0. The van der Waals surface area contributed by atoms with E-state index in [1.807, 2.05) is 6.07 Å². The van der Waals surface area contributed by atoms with Crippen LogP contribution in [-0.4, -0.2) is 24.1 Å². The zero-order valence-corrected chi connectivity index (χ0v) is 13.2. The van der Waals surface area contributed by atoms with Gasteiger partial charge >= 0.3 is 5.97 Å². The number of esters is 1. The summed E-state index contributed by atoms with van der Waals surface area (Å²) in [6.45, 7) is 1.07. The second kappa shape index (κ2) is 7.48. The van der Waals surface area contributed by atoms with E-state index in [4.69, 9.17) is 14.2 Å². The summed E-state index contributed by atoms with van der Waals surface area (Å²) in [5, 5.41) is 10.6. The molecule has 0 atom stereocenters. The van der Waals surface area contributed by atoms with Crippen molar-refractivity contribution in [3.63, 3.8) is 0 Å². The van der Waals surface area contributed by atoms with Gasteiger partial charge < -0.3 is 14.2 Å². The lowest BCUT2D eigenvalue weighted by atomic mass is 10.2. The van der Waals surface area contributed by atoms with Crippen molar-refractivity contribution in [1.82, 2.24) is 0 Å². The largest absolute Gasteiger partial charge is 0.486 e. The molecule has 0 radical (unpaired) electrons. The van der Waals surface area contributed by atoms with Crippen LogP contribution in [0.1, 0.15) is 11.1 Å². The van der Waals surface area contributed by atoms with Gasteiger partial charge in [-0.15, -0.1) is 0 Å². The lowest BCUT2D eigenvalue weighted by molar-refractivity contribution is -0.384. The normalized spacial score (nSPS) is 12.8. The molecule has 7 heteroatoms. The molecular formula is C18H15NO6. The molecule has 0 aromatic heterocycles. The number of hydrogen-bond acceptors (Lipinski definition) is 6. The molecular weight excluding hydrogens is 326 g/mol. The Balaban J connectivity index is 1.55. The highest BCUT2D eigenvalue weighted by atomic mass is 16.6. The molecule has 128 valence electrons. The monoisotopic (exact) mass is 341 g/mol. The molecule has 0 unspecified atom stereocenters. The van der Waals surface area contributed by atoms with Gasteiger partial charge in [-0.1, -0.05) is 6.07 Å². The van der Waals surface area contributed by atoms with Crippen LogP contribution in [0.3, 0.4) is 0 Å². The van der Waals surface area contributed by atoms with E-state index in [0.717, 1.165) is 5.56 Å². The first-order chi connectivity index (χ1) is 12.1. The van der Waals surface area contributed by atoms with Crippen LogP contribution in [0.15, 0.2) is 48.5 Å². The van der Waals surface area contributed by atoms with Crippen molar-refractivity contribution in [2.45, 2.75) is 6.61 Å². The van der Waals surface area contributed by atoms with E-state index in [9.17, 15) is 14.9 Å². The van der Waals surface area contributed by atoms with Crippen molar-refractivity contribution in [3.8, 4) is 11.5 Å². The molecule has 1 heterocycles. The summed E-state index contributed by atoms with van der Waals surface area (Å²) in [5.74, 6) is 0.824. The first-order valence-corrected chi connectivity index (χ1v) is 7.59. The van der Waals surface area contributed by atoms with Gasteiger partial charge in [0.05, 0.1) is 4.92 Å². The lowest BCUT2D eigenvalue weighted by Gasteiger charge is -2.18. The summed E-state index contributed by atoms with van der Waals surface area (Å²) >= 11 is 0. The molecule has 2 aromatic rings. The topological polar surface area (TPSA) is 87.9 Å². The minimum absolute atomic E-state index is 0.00594. The predicted molar refractivity (Wildman–Crippen MR) is 89.4 cm³/mol. The average molecular weight is 341 g/mol. The van der Waals surface area contributed by atoms with Gasteiger partial charge in [-0.25, -0.2) is 4.79 Å². The van der Waals surface area contributed by atoms with Gasteiger partial charge in [-0.2, -0.15) is 0 Å². The Kier molecular flexibility index (Phi) is 4.94. The molecule has 1 aliphatic heterocycles. The second-order valence-electron chi connectivity index (χ2n) is 5.27. The van der Waals surface area contributed by atoms with Gasteiger partial charge in [0.15, 0.2) is 11.5 Å². The maximum atomic E-state index is 11.8. The van der Waals surface area contributed by atoms with Crippen LogP contribution in [0.4, 0.5) is 5.69 Å². The van der Waals surface area contributed by atoms with Crippen molar-refractivity contribution in [1.29, 1.82) is 0 Å². The molecule has 0 bridgehead atoms. The van der Waals surface area contributed by atoms with Crippen LogP contribution in [-0.2, 0) is 16.1 Å². The van der Waals surface area contributed by atoms with Crippen molar-refractivity contribution < 1.29 is 23.9 Å². The number of benzene rings is 2. The fourth-order valence-electron chi connectivity index (χ4n) is 2.24. The fourth-order valence-corrected chi connectivity index (χ4v) is 2.24. The quantitative estimate of drug-likeness (QED) is 0.359. The van der Waals surface area contributed by atoms with Crippen molar-refractivity contribution in [2.24, 2.45) is 0 Å². The minimum Gasteiger partial charge on any atom is -0.486 e. The third kappa shape index (κ3) is 4.35. The number of nitro benzene ring substituents is 1. The van der Waals surface area contributed by atoms with Crippen molar-refractivity contribution in [3.05, 3.63) is 69.8 Å². The zero-order chi connectivity index (χ0) is 17.6. The summed E-state index contributed by atoms with van der Waals surface area (Å²) in [5.41, 5.74) is 1.46. The standard InChI is InChI=1S/C18H15NO6/c20-18(25-12-14-1-5-15(6-2-14)19(21)22)8-4-13-3-7-16-17(11-13)24-10-9-23-16/h1-8,11H,9-10,12H2/b8-4+. The number of nitro groups is 1. The van der Waals surface area contributed by atoms with Gasteiger partial charge in [0.25, 0.3) is 5.69 Å². The van der Waals surface area contributed by atoms with Crippen LogP contribution in [0, 0.1) is 10.1 Å². The fraction of sp³-hybridized carbons (Fsp3) is 0.167. The van der Waals surface area contributed by atoms with Crippen molar-refractivity contribution in [2.75, 3.05) is 13.2 Å². The Hall–Kier alpha value is -3.35.